The van der Waals surface area contributed by atoms with Crippen molar-refractivity contribution in [2.75, 3.05) is 0 Å². The summed E-state index contributed by atoms with van der Waals surface area (Å²) in [7, 11) is 0. The molecule has 0 bridgehead atoms. The van der Waals surface area contributed by atoms with Crippen LogP contribution in [0.15, 0.2) is 158 Å². The highest BCUT2D eigenvalue weighted by Crippen LogP contribution is 2.53. The van der Waals surface area contributed by atoms with Gasteiger partial charge in [0.05, 0.1) is 11.4 Å². The van der Waals surface area contributed by atoms with Gasteiger partial charge < -0.3 is 0 Å². The molecule has 0 unspecified atom stereocenters. The summed E-state index contributed by atoms with van der Waals surface area (Å²) in [5, 5.41) is 5.12. The van der Waals surface area contributed by atoms with E-state index in [1.54, 1.807) is 0 Å². The van der Waals surface area contributed by atoms with Crippen LogP contribution in [-0.4, -0.2) is 9.97 Å². The molecule has 0 saturated carbocycles. The first-order valence-corrected chi connectivity index (χ1v) is 18.0. The number of hydrogen-bond donors (Lipinski definition) is 0. The van der Waals surface area contributed by atoms with Gasteiger partial charge in [0.25, 0.3) is 0 Å². The number of fused-ring (bicyclic) bond motifs is 7. The zero-order valence-electron chi connectivity index (χ0n) is 27.8. The van der Waals surface area contributed by atoms with Gasteiger partial charge in [-0.2, -0.15) is 0 Å². The summed E-state index contributed by atoms with van der Waals surface area (Å²) in [4.78, 5) is 10.3. The van der Waals surface area contributed by atoms with Gasteiger partial charge in [-0.05, 0) is 68.4 Å². The molecule has 0 saturated heterocycles. The molecule has 7 aromatic carbocycles. The van der Waals surface area contributed by atoms with Crippen LogP contribution in [0.1, 0.15) is 25.0 Å². The summed E-state index contributed by atoms with van der Waals surface area (Å²) >= 11 is 1.83. The third-order valence-corrected chi connectivity index (χ3v) is 11.7. The van der Waals surface area contributed by atoms with Gasteiger partial charge in [0.2, 0.25) is 0 Å². The summed E-state index contributed by atoms with van der Waals surface area (Å²) in [5.74, 6) is 0.729. The predicted octanol–water partition coefficient (Wildman–Crippen LogP) is 13.0. The van der Waals surface area contributed by atoms with Gasteiger partial charge in [-0.1, -0.05) is 147 Å². The van der Waals surface area contributed by atoms with Crippen molar-refractivity contribution in [3.63, 3.8) is 0 Å². The molecule has 0 aliphatic heterocycles. The van der Waals surface area contributed by atoms with E-state index in [2.05, 4.69) is 153 Å². The molecule has 9 aromatic rings. The SMILES string of the molecule is CC1(C)c2cc3ccccc3cc2-c2c(-c3ccc(-c4cc(-c5cccc6c5sc5ccccc56)nc(-c5ccccc5)n4)cc3)cccc21. The number of benzene rings is 7. The Morgan fingerprint density at radius 1 is 0.460 bits per heavy atom. The second-order valence-corrected chi connectivity index (χ2v) is 14.8. The number of thiophene rings is 1. The fourth-order valence-corrected chi connectivity index (χ4v) is 9.16. The minimum Gasteiger partial charge on any atom is -0.228 e. The molecule has 236 valence electrons. The zero-order valence-corrected chi connectivity index (χ0v) is 28.6. The van der Waals surface area contributed by atoms with Crippen molar-refractivity contribution < 1.29 is 0 Å². The van der Waals surface area contributed by atoms with E-state index < -0.39 is 0 Å². The van der Waals surface area contributed by atoms with E-state index in [0.29, 0.717) is 0 Å². The first-order chi connectivity index (χ1) is 24.5. The molecule has 3 heteroatoms. The Balaban J connectivity index is 1.11. The van der Waals surface area contributed by atoms with Crippen molar-refractivity contribution in [1.82, 2.24) is 9.97 Å². The lowest BCUT2D eigenvalue weighted by molar-refractivity contribution is 0.661. The molecule has 2 aromatic heterocycles. The molecule has 10 rings (SSSR count). The van der Waals surface area contributed by atoms with E-state index in [4.69, 9.17) is 9.97 Å². The van der Waals surface area contributed by atoms with E-state index in [-0.39, 0.29) is 5.41 Å². The molecule has 1 aliphatic rings. The molecule has 1 aliphatic carbocycles. The Bertz CT molecular complexity index is 2770. The highest BCUT2D eigenvalue weighted by molar-refractivity contribution is 7.26. The summed E-state index contributed by atoms with van der Waals surface area (Å²) in [6.07, 6.45) is 0. The smallest absolute Gasteiger partial charge is 0.160 e. The van der Waals surface area contributed by atoms with Crippen LogP contribution in [0.3, 0.4) is 0 Å². The molecule has 2 heterocycles. The molecular weight excluding hydrogens is 625 g/mol. The third kappa shape index (κ3) is 4.47. The maximum absolute atomic E-state index is 5.18. The first-order valence-electron chi connectivity index (χ1n) is 17.2. The standard InChI is InChI=1S/C47H32N2S/c1-47(2)39-20-11-17-34(44(39)38-26-32-14-6-7-15-33(32)27-40(38)47)29-22-24-30(25-23-29)41-28-42(49-46(48-41)31-12-4-3-5-13-31)37-19-10-18-36-35-16-8-9-21-43(35)50-45(36)37/h3-28H,1-2H3. The summed E-state index contributed by atoms with van der Waals surface area (Å²) in [6, 6.07) is 56.9. The van der Waals surface area contributed by atoms with Crippen LogP contribution in [0, 0.1) is 0 Å². The minimum absolute atomic E-state index is 0.0763. The van der Waals surface area contributed by atoms with Gasteiger partial charge in [-0.25, -0.2) is 9.97 Å². The minimum atomic E-state index is -0.0763. The van der Waals surface area contributed by atoms with Crippen LogP contribution >= 0.6 is 11.3 Å². The van der Waals surface area contributed by atoms with E-state index >= 15 is 0 Å². The summed E-state index contributed by atoms with van der Waals surface area (Å²) in [5.41, 5.74) is 12.9. The number of rotatable bonds is 4. The molecule has 0 N–H and O–H groups in total. The fourth-order valence-electron chi connectivity index (χ4n) is 7.93. The van der Waals surface area contributed by atoms with Crippen molar-refractivity contribution in [3.8, 4) is 56.2 Å². The molecule has 0 fully saturated rings. The van der Waals surface area contributed by atoms with Gasteiger partial charge in [0.1, 0.15) is 0 Å². The molecule has 2 nitrogen and oxygen atoms in total. The van der Waals surface area contributed by atoms with Crippen molar-refractivity contribution in [3.05, 3.63) is 169 Å². The highest BCUT2D eigenvalue weighted by Gasteiger charge is 2.37. The maximum atomic E-state index is 5.18. The average Bonchev–Trinajstić information content (AvgIpc) is 3.66. The van der Waals surface area contributed by atoms with Gasteiger partial charge in [0.15, 0.2) is 5.82 Å². The maximum Gasteiger partial charge on any atom is 0.160 e. The van der Waals surface area contributed by atoms with Crippen LogP contribution < -0.4 is 0 Å². The topological polar surface area (TPSA) is 25.8 Å². The average molecular weight is 657 g/mol. The second kappa shape index (κ2) is 11.1. The van der Waals surface area contributed by atoms with Crippen LogP contribution in [0.5, 0.6) is 0 Å². The number of aromatic nitrogens is 2. The fraction of sp³-hybridized carbons (Fsp3) is 0.0638. The van der Waals surface area contributed by atoms with Crippen molar-refractivity contribution in [2.24, 2.45) is 0 Å². The molecule has 50 heavy (non-hydrogen) atoms. The van der Waals surface area contributed by atoms with Gasteiger partial charge in [-0.3, -0.25) is 0 Å². The Labute approximate surface area is 295 Å². The first kappa shape index (κ1) is 29.1. The quantitative estimate of drug-likeness (QED) is 0.188. The van der Waals surface area contributed by atoms with Crippen molar-refractivity contribution >= 4 is 42.3 Å². The molecule has 0 atom stereocenters. The third-order valence-electron chi connectivity index (χ3n) is 10.5. The zero-order chi connectivity index (χ0) is 33.4. The van der Waals surface area contributed by atoms with Crippen LogP contribution in [-0.2, 0) is 5.41 Å². The molecule has 0 spiro atoms. The normalized spacial score (nSPS) is 13.2. The molecule has 0 radical (unpaired) electrons. The molecular formula is C47H32N2S. The van der Waals surface area contributed by atoms with Crippen molar-refractivity contribution in [1.29, 1.82) is 0 Å². The van der Waals surface area contributed by atoms with Crippen LogP contribution in [0.25, 0.3) is 87.1 Å². The van der Waals surface area contributed by atoms with Gasteiger partial charge in [0, 0.05) is 42.3 Å². The Morgan fingerprint density at radius 2 is 1.12 bits per heavy atom. The predicted molar refractivity (Wildman–Crippen MR) is 212 cm³/mol. The highest BCUT2D eigenvalue weighted by atomic mass is 32.1. The van der Waals surface area contributed by atoms with Crippen LogP contribution in [0.2, 0.25) is 0 Å². The number of nitrogens with zero attached hydrogens (tertiary/aromatic N) is 2. The van der Waals surface area contributed by atoms with E-state index in [1.165, 1.54) is 64.3 Å². The molecule has 0 amide bonds. The second-order valence-electron chi connectivity index (χ2n) is 13.8. The lowest BCUT2D eigenvalue weighted by Gasteiger charge is -2.22. The Kier molecular flexibility index (Phi) is 6.43. The monoisotopic (exact) mass is 656 g/mol. The van der Waals surface area contributed by atoms with Gasteiger partial charge in [-0.15, -0.1) is 11.3 Å². The van der Waals surface area contributed by atoms with Gasteiger partial charge >= 0.3 is 0 Å². The summed E-state index contributed by atoms with van der Waals surface area (Å²) in [6.45, 7) is 4.71. The largest absolute Gasteiger partial charge is 0.228 e. The lowest BCUT2D eigenvalue weighted by atomic mass is 9.81. The summed E-state index contributed by atoms with van der Waals surface area (Å²) < 4.78 is 2.54. The van der Waals surface area contributed by atoms with Crippen molar-refractivity contribution in [2.45, 2.75) is 19.3 Å². The Morgan fingerprint density at radius 3 is 1.96 bits per heavy atom. The van der Waals surface area contributed by atoms with E-state index in [0.717, 1.165) is 33.9 Å². The van der Waals surface area contributed by atoms with E-state index in [1.807, 2.05) is 29.5 Å². The van der Waals surface area contributed by atoms with Crippen LogP contribution in [0.4, 0.5) is 0 Å². The van der Waals surface area contributed by atoms with E-state index in [9.17, 15) is 0 Å². The lowest BCUT2D eigenvalue weighted by Crippen LogP contribution is -2.14. The number of hydrogen-bond acceptors (Lipinski definition) is 3. The Hall–Kier alpha value is -5.90.